The van der Waals surface area contributed by atoms with Gasteiger partial charge in [-0.15, -0.1) is 11.3 Å². The Morgan fingerprint density at radius 2 is 1.50 bits per heavy atom. The molecule has 0 radical (unpaired) electrons. The minimum absolute atomic E-state index is 0. The average Bonchev–Trinajstić information content (AvgIpc) is 3.65. The Kier molecular flexibility index (Phi) is 14.7. The number of anilines is 1. The van der Waals surface area contributed by atoms with E-state index < -0.39 is 0 Å². The summed E-state index contributed by atoms with van der Waals surface area (Å²) in [5.74, 6) is 0. The maximum Gasteiger partial charge on any atom is 0.188 e. The fourth-order valence-corrected chi connectivity index (χ4v) is 4.74. The Hall–Kier alpha value is -2.57. The topological polar surface area (TPSA) is 96.7 Å². The normalized spacial score (nSPS) is 13.0. The molecule has 1 aliphatic rings. The van der Waals surface area contributed by atoms with Gasteiger partial charge in [0, 0.05) is 68.6 Å². The summed E-state index contributed by atoms with van der Waals surface area (Å²) in [6.07, 6.45) is 21.5. The molecule has 0 bridgehead atoms. The van der Waals surface area contributed by atoms with Crippen molar-refractivity contribution < 1.29 is 0 Å². The van der Waals surface area contributed by atoms with Crippen LogP contribution in [-0.4, -0.2) is 53.4 Å². The third kappa shape index (κ3) is 12.4. The second-order valence-corrected chi connectivity index (χ2v) is 9.97. The molecule has 0 aliphatic heterocycles. The first-order valence-corrected chi connectivity index (χ1v) is 13.8. The van der Waals surface area contributed by atoms with Crippen LogP contribution in [0.3, 0.4) is 0 Å². The van der Waals surface area contributed by atoms with Gasteiger partial charge in [0.1, 0.15) is 0 Å². The Morgan fingerprint density at radius 3 is 2.03 bits per heavy atom. The molecule has 1 saturated carbocycles. The van der Waals surface area contributed by atoms with Crippen LogP contribution in [0.25, 0.3) is 0 Å². The van der Waals surface area contributed by atoms with Crippen molar-refractivity contribution in [1.29, 1.82) is 0 Å². The minimum atomic E-state index is 0. The van der Waals surface area contributed by atoms with Gasteiger partial charge in [0.25, 0.3) is 0 Å². The van der Waals surface area contributed by atoms with Crippen molar-refractivity contribution >= 4 is 51.1 Å². The molecule has 0 spiro atoms. The summed E-state index contributed by atoms with van der Waals surface area (Å²) in [7, 11) is 0. The van der Waals surface area contributed by atoms with Crippen LogP contribution in [0, 0.1) is 0 Å². The Bertz CT molecular complexity index is 938. The Labute approximate surface area is 229 Å². The van der Waals surface area contributed by atoms with Gasteiger partial charge in [-0.25, -0.2) is 15.0 Å². The van der Waals surface area contributed by atoms with Gasteiger partial charge in [0.05, 0.1) is 12.7 Å². The van der Waals surface area contributed by atoms with E-state index in [-0.39, 0.29) is 7.43 Å². The summed E-state index contributed by atoms with van der Waals surface area (Å²) in [6, 6.07) is 0.590. The van der Waals surface area contributed by atoms with Crippen molar-refractivity contribution in [3.8, 4) is 0 Å². The van der Waals surface area contributed by atoms with Crippen molar-refractivity contribution in [3.63, 3.8) is 0 Å². The summed E-state index contributed by atoms with van der Waals surface area (Å²) >= 11 is 12.0. The van der Waals surface area contributed by atoms with Crippen molar-refractivity contribution in [3.05, 3.63) is 49.0 Å². The first-order valence-electron chi connectivity index (χ1n) is 12.1. The van der Waals surface area contributed by atoms with Crippen LogP contribution in [0.2, 0.25) is 0 Å². The molecular formula is C24H39N9S3. The SMILES string of the molecule is C.S=C(NCCCn1ccnc1)NC1CCCCC1.S=C(NCCCn1ccnc1)Nc1nccs1. The van der Waals surface area contributed by atoms with E-state index in [0.29, 0.717) is 11.2 Å². The van der Waals surface area contributed by atoms with Gasteiger partial charge < -0.3 is 30.4 Å². The van der Waals surface area contributed by atoms with Gasteiger partial charge in [-0.3, -0.25) is 0 Å². The van der Waals surface area contributed by atoms with Crippen LogP contribution >= 0.6 is 35.8 Å². The quantitative estimate of drug-likeness (QED) is 0.216. The summed E-state index contributed by atoms with van der Waals surface area (Å²) in [6.45, 7) is 3.66. The largest absolute Gasteiger partial charge is 0.363 e. The van der Waals surface area contributed by atoms with Gasteiger partial charge in [-0.2, -0.15) is 0 Å². The zero-order valence-electron chi connectivity index (χ0n) is 19.9. The lowest BCUT2D eigenvalue weighted by molar-refractivity contribution is 0.412. The van der Waals surface area contributed by atoms with Gasteiger partial charge in [0.15, 0.2) is 15.4 Å². The van der Waals surface area contributed by atoms with Crippen LogP contribution in [0.1, 0.15) is 52.4 Å². The lowest BCUT2D eigenvalue weighted by Gasteiger charge is -2.24. The molecule has 12 heteroatoms. The van der Waals surface area contributed by atoms with E-state index in [0.717, 1.165) is 49.3 Å². The third-order valence-electron chi connectivity index (χ3n) is 5.47. The van der Waals surface area contributed by atoms with E-state index in [1.165, 1.54) is 43.4 Å². The molecule has 3 aromatic heterocycles. The van der Waals surface area contributed by atoms with Gasteiger partial charge in [0.2, 0.25) is 0 Å². The first-order chi connectivity index (χ1) is 17.2. The molecule has 0 saturated heterocycles. The molecule has 4 rings (SSSR count). The summed E-state index contributed by atoms with van der Waals surface area (Å²) in [5.41, 5.74) is 0. The summed E-state index contributed by atoms with van der Waals surface area (Å²) in [5, 5.41) is 17.0. The van der Waals surface area contributed by atoms with E-state index in [2.05, 4.69) is 40.8 Å². The van der Waals surface area contributed by atoms with E-state index >= 15 is 0 Å². The number of thiocarbonyl (C=S) groups is 2. The smallest absolute Gasteiger partial charge is 0.188 e. The van der Waals surface area contributed by atoms with Crippen LogP contribution in [-0.2, 0) is 13.1 Å². The van der Waals surface area contributed by atoms with Crippen molar-refractivity contribution in [1.82, 2.24) is 40.0 Å². The summed E-state index contributed by atoms with van der Waals surface area (Å²) < 4.78 is 4.12. The highest BCUT2D eigenvalue weighted by Crippen LogP contribution is 2.17. The summed E-state index contributed by atoms with van der Waals surface area (Å²) in [4.78, 5) is 12.1. The van der Waals surface area contributed by atoms with E-state index in [4.69, 9.17) is 24.4 Å². The number of rotatable bonds is 10. The van der Waals surface area contributed by atoms with Crippen molar-refractivity contribution in [2.75, 3.05) is 18.4 Å². The fourth-order valence-electron chi connectivity index (χ4n) is 3.67. The molecular weight excluding hydrogens is 511 g/mol. The number of aromatic nitrogens is 5. The molecule has 1 fully saturated rings. The number of hydrogen-bond donors (Lipinski definition) is 4. The number of nitrogens with zero attached hydrogens (tertiary/aromatic N) is 5. The number of thiazole rings is 1. The molecule has 3 heterocycles. The van der Waals surface area contributed by atoms with Crippen LogP contribution in [0.5, 0.6) is 0 Å². The second-order valence-electron chi connectivity index (χ2n) is 8.26. The monoisotopic (exact) mass is 549 g/mol. The molecule has 1 aliphatic carbocycles. The van der Waals surface area contributed by atoms with E-state index in [1.54, 1.807) is 12.4 Å². The number of hydrogen-bond acceptors (Lipinski definition) is 6. The molecule has 9 nitrogen and oxygen atoms in total. The van der Waals surface area contributed by atoms with E-state index in [9.17, 15) is 0 Å². The highest BCUT2D eigenvalue weighted by atomic mass is 32.1. The zero-order valence-corrected chi connectivity index (χ0v) is 22.4. The standard InChI is InChI=1S/C13H22N4S.C10H13N5S2.CH4/c18-13(16-12-5-2-1-3-6-12)15-7-4-9-17-10-8-14-11-17;16-9(14-10-13-4-7-17-10)12-2-1-5-15-6-3-11-8-15;/h8,10-12H,1-7,9H2,(H2,15,16,18);3-4,6-8H,1-2,5H2,(H2,12,13,14,16);1H4. The minimum Gasteiger partial charge on any atom is -0.363 e. The second kappa shape index (κ2) is 17.8. The third-order valence-corrected chi connectivity index (χ3v) is 6.67. The number of imidazole rings is 2. The Balaban J connectivity index is 0.000000247. The average molecular weight is 550 g/mol. The van der Waals surface area contributed by atoms with Crippen molar-refractivity contribution in [2.45, 2.75) is 71.5 Å². The molecule has 198 valence electrons. The fraction of sp³-hybridized carbons (Fsp3) is 0.542. The highest BCUT2D eigenvalue weighted by molar-refractivity contribution is 7.80. The molecule has 3 aromatic rings. The predicted octanol–water partition coefficient (Wildman–Crippen LogP) is 4.42. The van der Waals surface area contributed by atoms with Gasteiger partial charge in [-0.05, 0) is 50.1 Å². The van der Waals surface area contributed by atoms with Crippen LogP contribution in [0.15, 0.2) is 49.0 Å². The maximum absolute atomic E-state index is 5.31. The number of aryl methyl sites for hydroxylation is 2. The molecule has 36 heavy (non-hydrogen) atoms. The predicted molar refractivity (Wildman–Crippen MR) is 157 cm³/mol. The van der Waals surface area contributed by atoms with Crippen LogP contribution in [0.4, 0.5) is 5.13 Å². The van der Waals surface area contributed by atoms with E-state index in [1.807, 2.05) is 41.2 Å². The van der Waals surface area contributed by atoms with Gasteiger partial charge >= 0.3 is 0 Å². The Morgan fingerprint density at radius 1 is 0.889 bits per heavy atom. The molecule has 0 atom stereocenters. The maximum atomic E-state index is 5.31. The van der Waals surface area contributed by atoms with Gasteiger partial charge in [-0.1, -0.05) is 26.7 Å². The highest BCUT2D eigenvalue weighted by Gasteiger charge is 2.13. The number of nitrogens with one attached hydrogen (secondary N) is 4. The molecule has 0 aromatic carbocycles. The molecule has 4 N–H and O–H groups in total. The molecule has 0 amide bonds. The zero-order chi connectivity index (χ0) is 24.6. The first kappa shape index (κ1) is 29.7. The van der Waals surface area contributed by atoms with Crippen LogP contribution < -0.4 is 21.3 Å². The van der Waals surface area contributed by atoms with Crippen molar-refractivity contribution in [2.24, 2.45) is 0 Å². The lowest BCUT2D eigenvalue weighted by Crippen LogP contribution is -2.43. The molecule has 0 unspecified atom stereocenters. The lowest BCUT2D eigenvalue weighted by atomic mass is 9.96.